The fourth-order valence-electron chi connectivity index (χ4n) is 1.01. The Labute approximate surface area is 74.4 Å². The Bertz CT molecular complexity index is 337. The van der Waals surface area contributed by atoms with Crippen molar-refractivity contribution in [1.29, 1.82) is 0 Å². The summed E-state index contributed by atoms with van der Waals surface area (Å²) in [6, 6.07) is 0. The van der Waals surface area contributed by atoms with E-state index in [-0.39, 0.29) is 10.7 Å². The lowest BCUT2D eigenvalue weighted by Crippen LogP contribution is -1.96. The maximum absolute atomic E-state index is 11.3. The number of thiazole rings is 1. The highest BCUT2D eigenvalue weighted by Crippen LogP contribution is 2.11. The molecule has 4 heteroatoms. The van der Waals surface area contributed by atoms with Gasteiger partial charge in [-0.1, -0.05) is 18.3 Å². The van der Waals surface area contributed by atoms with Gasteiger partial charge in [0.2, 0.25) is 0 Å². The van der Waals surface area contributed by atoms with Gasteiger partial charge in [0.05, 0.1) is 4.88 Å². The molecule has 66 valence electrons. The Kier molecular flexibility index (Phi) is 2.81. The van der Waals surface area contributed by atoms with Crippen molar-refractivity contribution < 1.29 is 4.79 Å². The van der Waals surface area contributed by atoms with Gasteiger partial charge < -0.3 is 4.98 Å². The van der Waals surface area contributed by atoms with Crippen molar-refractivity contribution >= 4 is 17.1 Å². The van der Waals surface area contributed by atoms with Gasteiger partial charge in [0, 0.05) is 12.1 Å². The number of aryl methyl sites for hydroxylation is 1. The lowest BCUT2D eigenvalue weighted by Gasteiger charge is -1.93. The first-order chi connectivity index (χ1) is 5.65. The van der Waals surface area contributed by atoms with Crippen molar-refractivity contribution in [3.8, 4) is 0 Å². The number of aromatic amines is 1. The van der Waals surface area contributed by atoms with Gasteiger partial charge in [-0.05, 0) is 13.3 Å². The van der Waals surface area contributed by atoms with Crippen LogP contribution in [0.5, 0.6) is 0 Å². The zero-order valence-electron chi connectivity index (χ0n) is 7.14. The molecule has 0 fully saturated rings. The largest absolute Gasteiger partial charge is 0.316 e. The van der Waals surface area contributed by atoms with Gasteiger partial charge in [0.1, 0.15) is 0 Å². The van der Waals surface area contributed by atoms with Gasteiger partial charge in [-0.3, -0.25) is 9.59 Å². The van der Waals surface area contributed by atoms with Gasteiger partial charge in [-0.15, -0.1) is 0 Å². The average molecular weight is 185 g/mol. The second-order valence-corrected chi connectivity index (χ2v) is 3.62. The summed E-state index contributed by atoms with van der Waals surface area (Å²) in [5.41, 5.74) is 0.698. The molecule has 0 radical (unpaired) electrons. The van der Waals surface area contributed by atoms with Crippen LogP contribution in [0.3, 0.4) is 0 Å². The summed E-state index contributed by atoms with van der Waals surface area (Å²) in [7, 11) is 0. The number of hydrogen-bond acceptors (Lipinski definition) is 3. The minimum atomic E-state index is -0.146. The Hall–Kier alpha value is -0.900. The molecule has 1 rings (SSSR count). The van der Waals surface area contributed by atoms with E-state index in [0.29, 0.717) is 17.0 Å². The zero-order valence-corrected chi connectivity index (χ0v) is 7.96. The molecule has 0 atom stereocenters. The van der Waals surface area contributed by atoms with Gasteiger partial charge in [-0.2, -0.15) is 0 Å². The van der Waals surface area contributed by atoms with Gasteiger partial charge >= 0.3 is 4.87 Å². The Balaban J connectivity index is 2.94. The van der Waals surface area contributed by atoms with E-state index in [1.54, 1.807) is 6.92 Å². The summed E-state index contributed by atoms with van der Waals surface area (Å²) in [5.74, 6) is 0.0679. The number of H-pyrrole nitrogens is 1. The smallest absolute Gasteiger partial charge is 0.305 e. The second-order valence-electron chi connectivity index (χ2n) is 2.64. The van der Waals surface area contributed by atoms with E-state index in [2.05, 4.69) is 4.98 Å². The van der Waals surface area contributed by atoms with E-state index in [1.807, 2.05) is 6.92 Å². The van der Waals surface area contributed by atoms with Crippen molar-refractivity contribution in [3.05, 3.63) is 20.2 Å². The minimum Gasteiger partial charge on any atom is -0.316 e. The third-order valence-corrected chi connectivity index (χ3v) is 2.58. The average Bonchev–Trinajstić information content (AvgIpc) is 2.30. The lowest BCUT2D eigenvalue weighted by molar-refractivity contribution is 0.0985. The van der Waals surface area contributed by atoms with Crippen LogP contribution in [0.25, 0.3) is 0 Å². The summed E-state index contributed by atoms with van der Waals surface area (Å²) < 4.78 is 0. The molecule has 0 aliphatic carbocycles. The maximum atomic E-state index is 11.3. The van der Waals surface area contributed by atoms with E-state index in [9.17, 15) is 9.59 Å². The molecule has 1 aromatic rings. The van der Waals surface area contributed by atoms with Crippen molar-refractivity contribution in [2.24, 2.45) is 0 Å². The lowest BCUT2D eigenvalue weighted by atomic mass is 10.2. The van der Waals surface area contributed by atoms with E-state index >= 15 is 0 Å². The first-order valence-corrected chi connectivity index (χ1v) is 4.69. The van der Waals surface area contributed by atoms with Crippen LogP contribution in [0, 0.1) is 6.92 Å². The second kappa shape index (κ2) is 3.67. The van der Waals surface area contributed by atoms with Crippen molar-refractivity contribution in [1.82, 2.24) is 4.98 Å². The normalized spacial score (nSPS) is 10.2. The topological polar surface area (TPSA) is 49.9 Å². The maximum Gasteiger partial charge on any atom is 0.305 e. The monoisotopic (exact) mass is 185 g/mol. The van der Waals surface area contributed by atoms with Crippen LogP contribution in [-0.2, 0) is 0 Å². The van der Waals surface area contributed by atoms with Crippen LogP contribution in [0.4, 0.5) is 0 Å². The van der Waals surface area contributed by atoms with Crippen molar-refractivity contribution in [2.75, 3.05) is 0 Å². The number of nitrogens with one attached hydrogen (secondary N) is 1. The molecule has 0 aliphatic heterocycles. The molecule has 0 amide bonds. The highest BCUT2D eigenvalue weighted by Gasteiger charge is 2.11. The fourth-order valence-corrected chi connectivity index (χ4v) is 1.82. The van der Waals surface area contributed by atoms with Crippen LogP contribution in [0.1, 0.15) is 35.1 Å². The molecule has 0 aromatic carbocycles. The molecule has 0 unspecified atom stereocenters. The van der Waals surface area contributed by atoms with Gasteiger partial charge in [0.25, 0.3) is 0 Å². The molecular weight excluding hydrogens is 174 g/mol. The molecule has 0 aliphatic rings. The van der Waals surface area contributed by atoms with Crippen LogP contribution in [0.2, 0.25) is 0 Å². The summed E-state index contributed by atoms with van der Waals surface area (Å²) in [5, 5.41) is 0. The first kappa shape index (κ1) is 9.19. The van der Waals surface area contributed by atoms with E-state index in [1.165, 1.54) is 0 Å². The third kappa shape index (κ3) is 1.82. The van der Waals surface area contributed by atoms with E-state index in [0.717, 1.165) is 17.8 Å². The first-order valence-electron chi connectivity index (χ1n) is 3.88. The van der Waals surface area contributed by atoms with Gasteiger partial charge in [0.15, 0.2) is 5.78 Å². The van der Waals surface area contributed by atoms with Crippen molar-refractivity contribution in [2.45, 2.75) is 26.7 Å². The SMILES string of the molecule is CCCC(=O)c1sc(=O)[nH]c1C. The number of rotatable bonds is 3. The predicted octanol–water partition coefficient (Wildman–Crippen LogP) is 1.73. The number of carbonyl (C=O) groups excluding carboxylic acids is 1. The Morgan fingerprint density at radius 1 is 1.58 bits per heavy atom. The minimum absolute atomic E-state index is 0.0679. The molecule has 0 saturated heterocycles. The highest BCUT2D eigenvalue weighted by molar-refractivity contribution is 7.11. The molecule has 0 bridgehead atoms. The number of Topliss-reactive ketones (excluding diaryl/α,β-unsaturated/α-hetero) is 1. The summed E-state index contributed by atoms with van der Waals surface area (Å²) >= 11 is 1.00. The summed E-state index contributed by atoms with van der Waals surface area (Å²) in [6.45, 7) is 3.70. The molecule has 12 heavy (non-hydrogen) atoms. The number of carbonyl (C=O) groups is 1. The highest BCUT2D eigenvalue weighted by atomic mass is 32.1. The van der Waals surface area contributed by atoms with Crippen LogP contribution < -0.4 is 4.87 Å². The molecule has 1 N–H and O–H groups in total. The quantitative estimate of drug-likeness (QED) is 0.729. The fraction of sp³-hybridized carbons (Fsp3) is 0.500. The number of aromatic nitrogens is 1. The summed E-state index contributed by atoms with van der Waals surface area (Å²) in [6.07, 6.45) is 1.35. The van der Waals surface area contributed by atoms with Crippen molar-refractivity contribution in [3.63, 3.8) is 0 Å². The van der Waals surface area contributed by atoms with Crippen LogP contribution in [-0.4, -0.2) is 10.8 Å². The molecule has 3 nitrogen and oxygen atoms in total. The number of hydrogen-bond donors (Lipinski definition) is 1. The molecular formula is C8H11NO2S. The standard InChI is InChI=1S/C8H11NO2S/c1-3-4-6(10)7-5(2)9-8(11)12-7/h3-4H2,1-2H3,(H,9,11). The third-order valence-electron chi connectivity index (χ3n) is 1.56. The van der Waals surface area contributed by atoms with E-state index < -0.39 is 0 Å². The molecule has 1 aromatic heterocycles. The summed E-state index contributed by atoms with van der Waals surface area (Å²) in [4.78, 5) is 25.2. The molecule has 0 saturated carbocycles. The van der Waals surface area contributed by atoms with Crippen LogP contribution >= 0.6 is 11.3 Å². The van der Waals surface area contributed by atoms with Gasteiger partial charge in [-0.25, -0.2) is 0 Å². The zero-order chi connectivity index (χ0) is 9.14. The molecule has 0 spiro atoms. The number of ketones is 1. The predicted molar refractivity (Wildman–Crippen MR) is 48.9 cm³/mol. The van der Waals surface area contributed by atoms with E-state index in [4.69, 9.17) is 0 Å². The Morgan fingerprint density at radius 2 is 2.25 bits per heavy atom. The van der Waals surface area contributed by atoms with Crippen LogP contribution in [0.15, 0.2) is 4.79 Å². The molecule has 1 heterocycles. The Morgan fingerprint density at radius 3 is 2.67 bits per heavy atom.